The molecule has 2 aromatic carbocycles. The molecular formula is C19H19BrN2O3. The van der Waals surface area contributed by atoms with Crippen molar-refractivity contribution in [2.45, 2.75) is 18.9 Å². The molecule has 1 saturated heterocycles. The van der Waals surface area contributed by atoms with E-state index in [9.17, 15) is 9.59 Å². The highest BCUT2D eigenvalue weighted by Crippen LogP contribution is 2.34. The van der Waals surface area contributed by atoms with Gasteiger partial charge in [-0.1, -0.05) is 28.1 Å². The Morgan fingerprint density at radius 3 is 2.64 bits per heavy atom. The molecule has 1 aliphatic rings. The van der Waals surface area contributed by atoms with Gasteiger partial charge >= 0.3 is 0 Å². The van der Waals surface area contributed by atoms with Gasteiger partial charge in [0.25, 0.3) is 11.8 Å². The van der Waals surface area contributed by atoms with Crippen molar-refractivity contribution in [2.75, 3.05) is 13.2 Å². The van der Waals surface area contributed by atoms with Crippen LogP contribution in [0.4, 0.5) is 0 Å². The molecule has 0 bridgehead atoms. The normalized spacial score (nSPS) is 16.7. The van der Waals surface area contributed by atoms with Crippen LogP contribution in [0.1, 0.15) is 34.8 Å². The lowest BCUT2D eigenvalue weighted by molar-refractivity contribution is -0.119. The fourth-order valence-corrected chi connectivity index (χ4v) is 3.50. The van der Waals surface area contributed by atoms with Crippen LogP contribution in [0.15, 0.2) is 53.0 Å². The Hall–Kier alpha value is -2.34. The number of rotatable bonds is 5. The van der Waals surface area contributed by atoms with Gasteiger partial charge in [0, 0.05) is 16.6 Å². The number of halogens is 1. The van der Waals surface area contributed by atoms with Crippen LogP contribution in [0.3, 0.4) is 0 Å². The molecule has 5 nitrogen and oxygen atoms in total. The largest absolute Gasteiger partial charge is 0.484 e. The summed E-state index contributed by atoms with van der Waals surface area (Å²) in [6, 6.07) is 15.0. The summed E-state index contributed by atoms with van der Waals surface area (Å²) in [5.41, 5.74) is 6.80. The highest BCUT2D eigenvalue weighted by atomic mass is 79.9. The maximum atomic E-state index is 12.9. The number of amides is 2. The van der Waals surface area contributed by atoms with E-state index in [1.165, 1.54) is 0 Å². The number of hydrogen-bond donors (Lipinski definition) is 1. The maximum Gasteiger partial charge on any atom is 0.255 e. The molecule has 1 heterocycles. The summed E-state index contributed by atoms with van der Waals surface area (Å²) >= 11 is 3.49. The fraction of sp³-hybridized carbons (Fsp3) is 0.263. The second kappa shape index (κ2) is 7.70. The van der Waals surface area contributed by atoms with E-state index in [4.69, 9.17) is 10.5 Å². The highest BCUT2D eigenvalue weighted by molar-refractivity contribution is 9.10. The van der Waals surface area contributed by atoms with Crippen LogP contribution in [0, 0.1) is 0 Å². The molecule has 3 rings (SSSR count). The Balaban J connectivity index is 1.74. The number of hydrogen-bond acceptors (Lipinski definition) is 3. The minimum absolute atomic E-state index is 0.00364. The van der Waals surface area contributed by atoms with Gasteiger partial charge in [0.1, 0.15) is 5.75 Å². The smallest absolute Gasteiger partial charge is 0.255 e. The summed E-state index contributed by atoms with van der Waals surface area (Å²) < 4.78 is 6.24. The number of ether oxygens (including phenoxy) is 1. The molecule has 6 heteroatoms. The molecule has 2 amide bonds. The predicted molar refractivity (Wildman–Crippen MR) is 98.3 cm³/mol. The van der Waals surface area contributed by atoms with Crippen molar-refractivity contribution in [1.29, 1.82) is 0 Å². The first-order valence-corrected chi connectivity index (χ1v) is 8.91. The van der Waals surface area contributed by atoms with Gasteiger partial charge in [0.05, 0.1) is 6.04 Å². The monoisotopic (exact) mass is 402 g/mol. The van der Waals surface area contributed by atoms with E-state index in [1.807, 2.05) is 17.0 Å². The van der Waals surface area contributed by atoms with E-state index >= 15 is 0 Å². The summed E-state index contributed by atoms with van der Waals surface area (Å²) in [6.07, 6.45) is 1.95. The van der Waals surface area contributed by atoms with E-state index in [0.29, 0.717) is 11.3 Å². The Kier molecular flexibility index (Phi) is 5.38. The number of benzene rings is 2. The van der Waals surface area contributed by atoms with Crippen molar-refractivity contribution in [3.8, 4) is 5.75 Å². The number of nitrogens with zero attached hydrogens (tertiary/aromatic N) is 1. The molecule has 130 valence electrons. The maximum absolute atomic E-state index is 12.9. The third-order valence-electron chi connectivity index (χ3n) is 4.23. The first-order chi connectivity index (χ1) is 12.0. The zero-order chi connectivity index (χ0) is 17.8. The first kappa shape index (κ1) is 17.5. The third-order valence-corrected chi connectivity index (χ3v) is 4.72. The minimum Gasteiger partial charge on any atom is -0.484 e. The van der Waals surface area contributed by atoms with Crippen molar-refractivity contribution in [1.82, 2.24) is 4.90 Å². The zero-order valence-electron chi connectivity index (χ0n) is 13.7. The highest BCUT2D eigenvalue weighted by Gasteiger charge is 2.30. The van der Waals surface area contributed by atoms with Crippen LogP contribution in [0.25, 0.3) is 0 Å². The van der Waals surface area contributed by atoms with Crippen molar-refractivity contribution in [3.05, 3.63) is 64.1 Å². The molecule has 0 unspecified atom stereocenters. The molecule has 1 aliphatic heterocycles. The van der Waals surface area contributed by atoms with Crippen LogP contribution < -0.4 is 10.5 Å². The zero-order valence-corrected chi connectivity index (χ0v) is 15.2. The molecule has 0 radical (unpaired) electrons. The molecule has 0 spiro atoms. The molecule has 2 aromatic rings. The van der Waals surface area contributed by atoms with Crippen molar-refractivity contribution in [2.24, 2.45) is 5.73 Å². The lowest BCUT2D eigenvalue weighted by atomic mass is 10.0. The van der Waals surface area contributed by atoms with Gasteiger partial charge in [0.2, 0.25) is 0 Å². The Morgan fingerprint density at radius 1 is 1.20 bits per heavy atom. The SMILES string of the molecule is NC(=O)COc1ccc(C(=O)N2CCC[C@H]2c2cccc(Br)c2)cc1. The number of primary amides is 1. The van der Waals surface area contributed by atoms with E-state index in [1.54, 1.807) is 24.3 Å². The number of carbonyl (C=O) groups is 2. The van der Waals surface area contributed by atoms with Crippen LogP contribution in [0.2, 0.25) is 0 Å². The summed E-state index contributed by atoms with van der Waals surface area (Å²) in [5, 5.41) is 0. The molecule has 0 aromatic heterocycles. The van der Waals surface area contributed by atoms with Gasteiger partial charge in [-0.25, -0.2) is 0 Å². The second-order valence-electron chi connectivity index (χ2n) is 5.99. The third kappa shape index (κ3) is 4.20. The Bertz CT molecular complexity index is 776. The van der Waals surface area contributed by atoms with Gasteiger partial charge in [-0.05, 0) is 54.8 Å². The molecule has 25 heavy (non-hydrogen) atoms. The Labute approximate surface area is 154 Å². The van der Waals surface area contributed by atoms with Crippen LogP contribution in [0.5, 0.6) is 5.75 Å². The second-order valence-corrected chi connectivity index (χ2v) is 6.91. The number of nitrogens with two attached hydrogens (primary N) is 1. The fourth-order valence-electron chi connectivity index (χ4n) is 3.08. The van der Waals surface area contributed by atoms with Crippen LogP contribution in [-0.2, 0) is 4.79 Å². The van der Waals surface area contributed by atoms with Crippen molar-refractivity contribution < 1.29 is 14.3 Å². The van der Waals surface area contributed by atoms with Gasteiger partial charge in [-0.15, -0.1) is 0 Å². The van der Waals surface area contributed by atoms with Gasteiger partial charge in [0.15, 0.2) is 6.61 Å². The predicted octanol–water partition coefficient (Wildman–Crippen LogP) is 3.29. The van der Waals surface area contributed by atoms with Gasteiger partial charge in [-0.2, -0.15) is 0 Å². The number of carbonyl (C=O) groups excluding carboxylic acids is 2. The minimum atomic E-state index is -0.533. The molecule has 0 aliphatic carbocycles. The van der Waals surface area contributed by atoms with Crippen LogP contribution in [-0.4, -0.2) is 29.9 Å². The average Bonchev–Trinajstić information content (AvgIpc) is 3.09. The van der Waals surface area contributed by atoms with E-state index in [0.717, 1.165) is 29.4 Å². The van der Waals surface area contributed by atoms with Crippen molar-refractivity contribution in [3.63, 3.8) is 0 Å². The first-order valence-electron chi connectivity index (χ1n) is 8.12. The van der Waals surface area contributed by atoms with E-state index in [2.05, 4.69) is 28.1 Å². The Morgan fingerprint density at radius 2 is 1.96 bits per heavy atom. The quantitative estimate of drug-likeness (QED) is 0.833. The topological polar surface area (TPSA) is 72.6 Å². The van der Waals surface area contributed by atoms with Crippen molar-refractivity contribution >= 4 is 27.7 Å². The lowest BCUT2D eigenvalue weighted by Gasteiger charge is -2.25. The standard InChI is InChI=1S/C19H19BrN2O3/c20-15-4-1-3-14(11-15)17-5-2-10-22(17)19(24)13-6-8-16(9-7-13)25-12-18(21)23/h1,3-4,6-9,11,17H,2,5,10,12H2,(H2,21,23)/t17-/m0/s1. The summed E-state index contributed by atoms with van der Waals surface area (Å²) in [6.45, 7) is 0.570. The molecule has 0 saturated carbocycles. The number of likely N-dealkylation sites (tertiary alicyclic amines) is 1. The van der Waals surface area contributed by atoms with E-state index in [-0.39, 0.29) is 18.6 Å². The van der Waals surface area contributed by atoms with E-state index < -0.39 is 5.91 Å². The molecule has 1 atom stereocenters. The van der Waals surface area contributed by atoms with Gasteiger partial charge < -0.3 is 15.4 Å². The molecule has 2 N–H and O–H groups in total. The molecular weight excluding hydrogens is 384 g/mol. The lowest BCUT2D eigenvalue weighted by Crippen LogP contribution is -2.30. The average molecular weight is 403 g/mol. The van der Waals surface area contributed by atoms with Crippen LogP contribution >= 0.6 is 15.9 Å². The molecule has 1 fully saturated rings. The van der Waals surface area contributed by atoms with Gasteiger partial charge in [-0.3, -0.25) is 9.59 Å². The summed E-state index contributed by atoms with van der Waals surface area (Å²) in [5.74, 6) is -0.0154. The summed E-state index contributed by atoms with van der Waals surface area (Å²) in [4.78, 5) is 25.6. The summed E-state index contributed by atoms with van der Waals surface area (Å²) in [7, 11) is 0.